The number of ether oxygens (including phenoxy) is 1. The molecule has 28 heavy (non-hydrogen) atoms. The lowest BCUT2D eigenvalue weighted by Crippen LogP contribution is -2.45. The normalized spacial score (nSPS) is 15.2. The summed E-state index contributed by atoms with van der Waals surface area (Å²) in [5.41, 5.74) is 2.11. The molecule has 6 nitrogen and oxygen atoms in total. The molecule has 0 aliphatic carbocycles. The zero-order valence-electron chi connectivity index (χ0n) is 16.6. The van der Waals surface area contributed by atoms with E-state index in [4.69, 9.17) is 4.74 Å². The predicted molar refractivity (Wildman–Crippen MR) is 108 cm³/mol. The predicted octanol–water partition coefficient (Wildman–Crippen LogP) is 3.88. The molecule has 1 aromatic heterocycles. The summed E-state index contributed by atoms with van der Waals surface area (Å²) in [6, 6.07) is 13.6. The summed E-state index contributed by atoms with van der Waals surface area (Å²) in [6.07, 6.45) is 2.34. The first kappa shape index (κ1) is 19.9. The molecule has 0 unspecified atom stereocenters. The van der Waals surface area contributed by atoms with Crippen LogP contribution in [0.5, 0.6) is 0 Å². The van der Waals surface area contributed by atoms with Crippen LogP contribution in [0.3, 0.4) is 0 Å². The van der Waals surface area contributed by atoms with Crippen LogP contribution in [0.2, 0.25) is 0 Å². The summed E-state index contributed by atoms with van der Waals surface area (Å²) in [5.74, 6) is -0.0373. The molecule has 1 aliphatic rings. The highest BCUT2D eigenvalue weighted by atomic mass is 16.6. The topological polar surface area (TPSA) is 71.5 Å². The van der Waals surface area contributed by atoms with Gasteiger partial charge in [-0.3, -0.25) is 9.78 Å². The minimum Gasteiger partial charge on any atom is -0.446 e. The standard InChI is InChI=1S/C22H27N3O3/c1-22(2,3)24-21(27)28-18-11-13-25(14-12-18)20(26)17-9-10-19(23-15-17)16-7-5-4-6-8-16/h4-10,15,18H,11-14H2,1-3H3,(H,24,27). The van der Waals surface area contributed by atoms with Gasteiger partial charge in [-0.15, -0.1) is 0 Å². The Morgan fingerprint density at radius 1 is 1.07 bits per heavy atom. The SMILES string of the molecule is CC(C)(C)NC(=O)OC1CCN(C(=O)c2ccc(-c3ccccc3)nc2)CC1. The number of amides is 2. The molecule has 1 aliphatic heterocycles. The first-order chi connectivity index (χ1) is 13.3. The average molecular weight is 381 g/mol. The first-order valence-electron chi connectivity index (χ1n) is 9.61. The lowest BCUT2D eigenvalue weighted by Gasteiger charge is -2.32. The van der Waals surface area contributed by atoms with Crippen molar-refractivity contribution in [3.05, 3.63) is 54.2 Å². The van der Waals surface area contributed by atoms with E-state index in [0.717, 1.165) is 11.3 Å². The van der Waals surface area contributed by atoms with Crippen molar-refractivity contribution in [2.24, 2.45) is 0 Å². The largest absolute Gasteiger partial charge is 0.446 e. The minimum absolute atomic E-state index is 0.0373. The van der Waals surface area contributed by atoms with Crippen LogP contribution >= 0.6 is 0 Å². The fourth-order valence-electron chi connectivity index (χ4n) is 3.15. The summed E-state index contributed by atoms with van der Waals surface area (Å²) in [4.78, 5) is 30.8. The molecule has 1 fully saturated rings. The zero-order chi connectivity index (χ0) is 20.1. The number of carbonyl (C=O) groups excluding carboxylic acids is 2. The number of hydrogen-bond donors (Lipinski definition) is 1. The molecule has 1 aromatic carbocycles. The average Bonchev–Trinajstić information content (AvgIpc) is 2.67. The highest BCUT2D eigenvalue weighted by Gasteiger charge is 2.27. The van der Waals surface area contributed by atoms with Gasteiger partial charge in [-0.25, -0.2) is 4.79 Å². The molecule has 6 heteroatoms. The maximum Gasteiger partial charge on any atom is 0.407 e. The van der Waals surface area contributed by atoms with Gasteiger partial charge in [0.05, 0.1) is 11.3 Å². The van der Waals surface area contributed by atoms with Crippen molar-refractivity contribution in [2.45, 2.75) is 45.3 Å². The van der Waals surface area contributed by atoms with Crippen LogP contribution in [0.1, 0.15) is 44.0 Å². The van der Waals surface area contributed by atoms with Gasteiger partial charge in [0.1, 0.15) is 6.10 Å². The van der Waals surface area contributed by atoms with E-state index in [2.05, 4.69) is 10.3 Å². The van der Waals surface area contributed by atoms with Crippen molar-refractivity contribution in [2.75, 3.05) is 13.1 Å². The maximum absolute atomic E-state index is 12.7. The Hall–Kier alpha value is -2.89. The number of nitrogens with one attached hydrogen (secondary N) is 1. The number of alkyl carbamates (subject to hydrolysis) is 1. The number of benzene rings is 1. The van der Waals surface area contributed by atoms with E-state index in [1.54, 1.807) is 11.1 Å². The highest BCUT2D eigenvalue weighted by Crippen LogP contribution is 2.19. The second-order valence-corrected chi connectivity index (χ2v) is 8.07. The number of hydrogen-bond acceptors (Lipinski definition) is 4. The molecule has 3 rings (SSSR count). The fourth-order valence-corrected chi connectivity index (χ4v) is 3.15. The van der Waals surface area contributed by atoms with Gasteiger partial charge in [-0.05, 0) is 32.9 Å². The Labute approximate surface area is 165 Å². The summed E-state index contributed by atoms with van der Waals surface area (Å²) >= 11 is 0. The van der Waals surface area contributed by atoms with Crippen LogP contribution < -0.4 is 5.32 Å². The fraction of sp³-hybridized carbons (Fsp3) is 0.409. The maximum atomic E-state index is 12.7. The van der Waals surface area contributed by atoms with Crippen molar-refractivity contribution in [3.8, 4) is 11.3 Å². The van der Waals surface area contributed by atoms with Gasteiger partial charge in [0.15, 0.2) is 0 Å². The van der Waals surface area contributed by atoms with E-state index in [1.807, 2.05) is 63.2 Å². The second kappa shape index (κ2) is 8.42. The van der Waals surface area contributed by atoms with Gasteiger partial charge < -0.3 is 15.0 Å². The van der Waals surface area contributed by atoms with Crippen LogP contribution in [0, 0.1) is 0 Å². The number of piperidine rings is 1. The van der Waals surface area contributed by atoms with E-state index < -0.39 is 6.09 Å². The minimum atomic E-state index is -0.405. The van der Waals surface area contributed by atoms with Gasteiger partial charge in [-0.1, -0.05) is 30.3 Å². The van der Waals surface area contributed by atoms with E-state index >= 15 is 0 Å². The van der Waals surface area contributed by atoms with Gasteiger partial charge in [0.25, 0.3) is 5.91 Å². The molecule has 0 saturated carbocycles. The van der Waals surface area contributed by atoms with Crippen LogP contribution in [0.4, 0.5) is 4.79 Å². The molecule has 0 atom stereocenters. The Kier molecular flexibility index (Phi) is 5.97. The van der Waals surface area contributed by atoms with Crippen molar-refractivity contribution in [3.63, 3.8) is 0 Å². The van der Waals surface area contributed by atoms with Gasteiger partial charge >= 0.3 is 6.09 Å². The monoisotopic (exact) mass is 381 g/mol. The van der Waals surface area contributed by atoms with E-state index in [-0.39, 0.29) is 17.6 Å². The summed E-state index contributed by atoms with van der Waals surface area (Å²) in [6.45, 7) is 6.85. The number of likely N-dealkylation sites (tertiary alicyclic amines) is 1. The lowest BCUT2D eigenvalue weighted by molar-refractivity contribution is 0.0404. The second-order valence-electron chi connectivity index (χ2n) is 8.07. The number of carbonyl (C=O) groups is 2. The number of nitrogens with zero attached hydrogens (tertiary/aromatic N) is 2. The molecular formula is C22H27N3O3. The molecule has 148 valence electrons. The molecule has 2 aromatic rings. The molecular weight excluding hydrogens is 354 g/mol. The zero-order valence-corrected chi connectivity index (χ0v) is 16.6. The Morgan fingerprint density at radius 2 is 1.75 bits per heavy atom. The van der Waals surface area contributed by atoms with Crippen LogP contribution in [0.15, 0.2) is 48.7 Å². The molecule has 0 bridgehead atoms. The van der Waals surface area contributed by atoms with E-state index in [9.17, 15) is 9.59 Å². The Bertz CT molecular complexity index is 805. The molecule has 0 spiro atoms. The Morgan fingerprint density at radius 3 is 2.32 bits per heavy atom. The molecule has 1 saturated heterocycles. The summed E-state index contributed by atoms with van der Waals surface area (Å²) < 4.78 is 5.47. The first-order valence-corrected chi connectivity index (χ1v) is 9.61. The number of rotatable bonds is 3. The number of aromatic nitrogens is 1. The van der Waals surface area contributed by atoms with Crippen molar-refractivity contribution in [1.82, 2.24) is 15.2 Å². The quantitative estimate of drug-likeness (QED) is 0.876. The van der Waals surface area contributed by atoms with Crippen molar-refractivity contribution in [1.29, 1.82) is 0 Å². The third-order valence-corrected chi connectivity index (χ3v) is 4.56. The van der Waals surface area contributed by atoms with Gasteiger partial charge in [0.2, 0.25) is 0 Å². The molecule has 1 N–H and O–H groups in total. The van der Waals surface area contributed by atoms with Crippen LogP contribution in [-0.4, -0.2) is 46.6 Å². The van der Waals surface area contributed by atoms with Crippen LogP contribution in [-0.2, 0) is 4.74 Å². The van der Waals surface area contributed by atoms with Gasteiger partial charge in [0, 0.05) is 43.2 Å². The molecule has 0 radical (unpaired) electrons. The van der Waals surface area contributed by atoms with Crippen molar-refractivity contribution >= 4 is 12.0 Å². The van der Waals surface area contributed by atoms with E-state index in [1.165, 1.54) is 0 Å². The van der Waals surface area contributed by atoms with Crippen LogP contribution in [0.25, 0.3) is 11.3 Å². The third kappa shape index (κ3) is 5.31. The highest BCUT2D eigenvalue weighted by molar-refractivity contribution is 5.94. The lowest BCUT2D eigenvalue weighted by atomic mass is 10.1. The molecule has 2 heterocycles. The number of pyridine rings is 1. The third-order valence-electron chi connectivity index (χ3n) is 4.56. The van der Waals surface area contributed by atoms with Crippen molar-refractivity contribution < 1.29 is 14.3 Å². The molecule has 2 amide bonds. The Balaban J connectivity index is 1.53. The summed E-state index contributed by atoms with van der Waals surface area (Å²) in [7, 11) is 0. The smallest absolute Gasteiger partial charge is 0.407 e. The van der Waals surface area contributed by atoms with Gasteiger partial charge in [-0.2, -0.15) is 0 Å². The summed E-state index contributed by atoms with van der Waals surface area (Å²) in [5, 5.41) is 2.80. The van der Waals surface area contributed by atoms with E-state index in [0.29, 0.717) is 31.5 Å².